The van der Waals surface area contributed by atoms with Crippen LogP contribution in [0, 0.1) is 17.0 Å². The maximum atomic E-state index is 11.6. The molecule has 96 valence electrons. The van der Waals surface area contributed by atoms with E-state index in [9.17, 15) is 18.5 Å². The van der Waals surface area contributed by atoms with Gasteiger partial charge in [-0.05, 0) is 12.5 Å². The number of nitrogens with zero attached hydrogens (tertiary/aromatic N) is 1. The molecule has 1 aromatic rings. The summed E-state index contributed by atoms with van der Waals surface area (Å²) < 4.78 is 23.2. The first kappa shape index (κ1) is 12.8. The highest BCUT2D eigenvalue weighted by Crippen LogP contribution is 2.30. The van der Waals surface area contributed by atoms with E-state index in [1.807, 2.05) is 19.1 Å². The average Bonchev–Trinajstić information content (AvgIpc) is 2.28. The molecule has 0 radical (unpaired) electrons. The fourth-order valence-electron chi connectivity index (χ4n) is 2.03. The lowest BCUT2D eigenvalue weighted by molar-refractivity contribution is -0.430. The second-order valence-electron chi connectivity index (χ2n) is 4.43. The summed E-state index contributed by atoms with van der Waals surface area (Å²) in [5, 5.41) is 11.0. The van der Waals surface area contributed by atoms with Gasteiger partial charge in [0.1, 0.15) is 0 Å². The molecule has 0 aromatic heterocycles. The van der Waals surface area contributed by atoms with E-state index in [0.717, 1.165) is 5.56 Å². The van der Waals surface area contributed by atoms with Gasteiger partial charge in [-0.25, -0.2) is 8.42 Å². The minimum absolute atomic E-state index is 0.0197. The summed E-state index contributed by atoms with van der Waals surface area (Å²) in [5.74, 6) is -1.10. The van der Waals surface area contributed by atoms with Gasteiger partial charge in [0.15, 0.2) is 9.84 Å². The van der Waals surface area contributed by atoms with Crippen molar-refractivity contribution in [1.29, 1.82) is 0 Å². The molecular weight excluding hydrogens is 254 g/mol. The summed E-state index contributed by atoms with van der Waals surface area (Å²) >= 11 is 0. The Morgan fingerprint density at radius 3 is 2.44 bits per heavy atom. The third-order valence-electron chi connectivity index (χ3n) is 3.01. The van der Waals surface area contributed by atoms with Crippen LogP contribution in [0.3, 0.4) is 0 Å². The molecule has 0 amide bonds. The zero-order chi connectivity index (χ0) is 13.3. The van der Waals surface area contributed by atoms with Gasteiger partial charge >= 0.3 is 0 Å². The molecule has 1 aliphatic heterocycles. The molecule has 0 N–H and O–H groups in total. The number of rotatable bonds is 2. The van der Waals surface area contributed by atoms with Gasteiger partial charge in [0, 0.05) is 6.08 Å². The first-order valence-electron chi connectivity index (χ1n) is 5.50. The van der Waals surface area contributed by atoms with Gasteiger partial charge in [0.2, 0.25) is 0 Å². The second-order valence-corrected chi connectivity index (χ2v) is 6.58. The molecule has 2 rings (SSSR count). The number of benzene rings is 1. The molecular formula is C12H13NO4S. The van der Waals surface area contributed by atoms with Gasteiger partial charge in [-0.1, -0.05) is 29.8 Å². The second kappa shape index (κ2) is 4.53. The number of allylic oxidation sites excluding steroid dienone is 1. The minimum Gasteiger partial charge on any atom is -0.259 e. The summed E-state index contributed by atoms with van der Waals surface area (Å²) in [6.45, 7) is 1.91. The van der Waals surface area contributed by atoms with Crippen LogP contribution in [0.4, 0.5) is 0 Å². The fraction of sp³-hybridized carbons (Fsp3) is 0.333. The van der Waals surface area contributed by atoms with E-state index in [1.54, 1.807) is 12.1 Å². The first-order valence-corrected chi connectivity index (χ1v) is 7.32. The zero-order valence-electron chi connectivity index (χ0n) is 9.87. The molecule has 0 saturated carbocycles. The van der Waals surface area contributed by atoms with Crippen molar-refractivity contribution in [2.24, 2.45) is 0 Å². The van der Waals surface area contributed by atoms with Crippen molar-refractivity contribution in [3.8, 4) is 0 Å². The van der Waals surface area contributed by atoms with Gasteiger partial charge in [-0.2, -0.15) is 0 Å². The highest BCUT2D eigenvalue weighted by molar-refractivity contribution is 7.91. The molecule has 18 heavy (non-hydrogen) atoms. The maximum absolute atomic E-state index is 11.6. The molecule has 1 heterocycles. The Balaban J connectivity index is 2.45. The summed E-state index contributed by atoms with van der Waals surface area (Å²) in [6.07, 6.45) is 1.21. The number of nitro groups is 1. The van der Waals surface area contributed by atoms with E-state index < -0.39 is 20.7 Å². The standard InChI is InChI=1S/C12H13NO4S/c1-9-2-4-10(5-3-9)11-8-18(16,17)7-6-12(11)13(14)15/h2-6,11H,7-8H2,1H3. The van der Waals surface area contributed by atoms with Crippen LogP contribution in [-0.2, 0) is 9.84 Å². The SMILES string of the molecule is Cc1ccc(C2CS(=O)(=O)CC=C2[N+](=O)[O-])cc1. The number of hydrogen-bond donors (Lipinski definition) is 0. The van der Waals surface area contributed by atoms with Crippen molar-refractivity contribution in [2.45, 2.75) is 12.8 Å². The van der Waals surface area contributed by atoms with Gasteiger partial charge in [0.05, 0.1) is 22.3 Å². The number of hydrogen-bond acceptors (Lipinski definition) is 4. The molecule has 0 aliphatic carbocycles. The van der Waals surface area contributed by atoms with Crippen LogP contribution in [0.2, 0.25) is 0 Å². The lowest BCUT2D eigenvalue weighted by Gasteiger charge is -2.18. The van der Waals surface area contributed by atoms with Gasteiger partial charge < -0.3 is 0 Å². The van der Waals surface area contributed by atoms with E-state index in [2.05, 4.69) is 0 Å². The van der Waals surface area contributed by atoms with Crippen molar-refractivity contribution in [2.75, 3.05) is 11.5 Å². The van der Waals surface area contributed by atoms with E-state index in [4.69, 9.17) is 0 Å². The van der Waals surface area contributed by atoms with Crippen LogP contribution in [0.15, 0.2) is 36.0 Å². The lowest BCUT2D eigenvalue weighted by atomic mass is 9.96. The number of sulfone groups is 1. The van der Waals surface area contributed by atoms with Crippen LogP contribution >= 0.6 is 0 Å². The lowest BCUT2D eigenvalue weighted by Crippen LogP contribution is -2.26. The molecule has 0 spiro atoms. The summed E-state index contributed by atoms with van der Waals surface area (Å²) in [4.78, 5) is 10.5. The zero-order valence-corrected chi connectivity index (χ0v) is 10.7. The Morgan fingerprint density at radius 2 is 1.89 bits per heavy atom. The first-order chi connectivity index (χ1) is 8.39. The largest absolute Gasteiger partial charge is 0.259 e. The fourth-order valence-corrected chi connectivity index (χ4v) is 3.46. The molecule has 5 nitrogen and oxygen atoms in total. The summed E-state index contributed by atoms with van der Waals surface area (Å²) in [6, 6.07) is 7.15. The Hall–Kier alpha value is -1.69. The molecule has 1 aliphatic rings. The molecule has 1 unspecified atom stereocenters. The monoisotopic (exact) mass is 267 g/mol. The minimum atomic E-state index is -3.24. The highest BCUT2D eigenvalue weighted by atomic mass is 32.2. The molecule has 6 heteroatoms. The molecule has 0 fully saturated rings. The Labute approximate surface area is 105 Å². The van der Waals surface area contributed by atoms with Crippen molar-refractivity contribution in [3.63, 3.8) is 0 Å². The normalized spacial score (nSPS) is 22.3. The Bertz CT molecular complexity index is 601. The topological polar surface area (TPSA) is 77.3 Å². The van der Waals surface area contributed by atoms with E-state index in [1.165, 1.54) is 6.08 Å². The summed E-state index contributed by atoms with van der Waals surface area (Å²) in [5.41, 5.74) is 1.68. The average molecular weight is 267 g/mol. The third-order valence-corrected chi connectivity index (χ3v) is 4.53. The third kappa shape index (κ3) is 2.59. The molecule has 0 bridgehead atoms. The van der Waals surface area contributed by atoms with E-state index in [0.29, 0.717) is 5.56 Å². The Kier molecular flexibility index (Phi) is 3.21. The van der Waals surface area contributed by atoms with E-state index in [-0.39, 0.29) is 17.2 Å². The maximum Gasteiger partial charge on any atom is 0.251 e. The summed E-state index contributed by atoms with van der Waals surface area (Å²) in [7, 11) is -3.24. The van der Waals surface area contributed by atoms with E-state index >= 15 is 0 Å². The van der Waals surface area contributed by atoms with Crippen LogP contribution in [0.5, 0.6) is 0 Å². The highest BCUT2D eigenvalue weighted by Gasteiger charge is 2.35. The van der Waals surface area contributed by atoms with Crippen LogP contribution < -0.4 is 0 Å². The van der Waals surface area contributed by atoms with Crippen LogP contribution in [0.25, 0.3) is 0 Å². The van der Waals surface area contributed by atoms with Gasteiger partial charge in [0.25, 0.3) is 5.70 Å². The van der Waals surface area contributed by atoms with Crippen molar-refractivity contribution in [1.82, 2.24) is 0 Å². The smallest absolute Gasteiger partial charge is 0.251 e. The predicted molar refractivity (Wildman–Crippen MR) is 67.7 cm³/mol. The van der Waals surface area contributed by atoms with Gasteiger partial charge in [-0.3, -0.25) is 10.1 Å². The van der Waals surface area contributed by atoms with Crippen molar-refractivity contribution in [3.05, 3.63) is 57.3 Å². The number of aryl methyl sites for hydroxylation is 1. The molecule has 1 aromatic carbocycles. The molecule has 0 saturated heterocycles. The molecule has 1 atom stereocenters. The van der Waals surface area contributed by atoms with Gasteiger partial charge in [-0.15, -0.1) is 0 Å². The van der Waals surface area contributed by atoms with Crippen molar-refractivity contribution < 1.29 is 13.3 Å². The predicted octanol–water partition coefficient (Wildman–Crippen LogP) is 1.67. The Morgan fingerprint density at radius 1 is 1.28 bits per heavy atom. The van der Waals surface area contributed by atoms with Crippen molar-refractivity contribution >= 4 is 9.84 Å². The van der Waals surface area contributed by atoms with Crippen LogP contribution in [0.1, 0.15) is 17.0 Å². The van der Waals surface area contributed by atoms with Crippen LogP contribution in [-0.4, -0.2) is 24.8 Å². The quantitative estimate of drug-likeness (QED) is 0.603.